The van der Waals surface area contributed by atoms with Gasteiger partial charge in [-0.2, -0.15) is 15.5 Å². The molecule has 7 nitrogen and oxygen atoms in total. The highest BCUT2D eigenvalue weighted by Gasteiger charge is 2.28. The quantitative estimate of drug-likeness (QED) is 0.711. The van der Waals surface area contributed by atoms with E-state index < -0.39 is 0 Å². The number of hydrogen-bond donors (Lipinski definition) is 0. The molecule has 1 aliphatic rings. The van der Waals surface area contributed by atoms with E-state index in [-0.39, 0.29) is 5.82 Å². The Labute approximate surface area is 156 Å². The first-order chi connectivity index (χ1) is 13.2. The Hall–Kier alpha value is -3.34. The molecule has 136 valence electrons. The lowest BCUT2D eigenvalue weighted by Crippen LogP contribution is -2.34. The largest absolute Gasteiger partial charge is 0.370 e. The first-order valence-corrected chi connectivity index (χ1v) is 8.77. The molecule has 1 aliphatic heterocycles. The van der Waals surface area contributed by atoms with Gasteiger partial charge in [0, 0.05) is 37.2 Å². The van der Waals surface area contributed by atoms with Gasteiger partial charge < -0.3 is 9.47 Å². The van der Waals surface area contributed by atoms with Gasteiger partial charge >= 0.3 is 0 Å². The fourth-order valence-electron chi connectivity index (χ4n) is 3.72. The fourth-order valence-corrected chi connectivity index (χ4v) is 3.72. The summed E-state index contributed by atoms with van der Waals surface area (Å²) in [5.41, 5.74) is 2.10. The van der Waals surface area contributed by atoms with Crippen molar-refractivity contribution >= 4 is 5.69 Å². The number of halogens is 1. The highest BCUT2D eigenvalue weighted by Crippen LogP contribution is 2.38. The number of hydrogen-bond acceptors (Lipinski definition) is 6. The summed E-state index contributed by atoms with van der Waals surface area (Å²) in [5, 5.41) is 25.4. The monoisotopic (exact) mass is 363 g/mol. The number of benzene rings is 1. The van der Waals surface area contributed by atoms with Crippen LogP contribution in [0.2, 0.25) is 0 Å². The van der Waals surface area contributed by atoms with E-state index in [1.54, 1.807) is 12.4 Å². The van der Waals surface area contributed by atoms with E-state index in [0.29, 0.717) is 41.4 Å². The van der Waals surface area contributed by atoms with Crippen molar-refractivity contribution < 1.29 is 4.39 Å². The van der Waals surface area contributed by atoms with Gasteiger partial charge in [-0.15, -0.1) is 10.2 Å². The Morgan fingerprint density at radius 3 is 2.59 bits per heavy atom. The van der Waals surface area contributed by atoms with Crippen LogP contribution in [0.4, 0.5) is 10.1 Å². The molecule has 3 heterocycles. The van der Waals surface area contributed by atoms with Crippen LogP contribution in [-0.2, 0) is 7.05 Å². The zero-order valence-electron chi connectivity index (χ0n) is 14.9. The minimum Gasteiger partial charge on any atom is -0.370 e. The van der Waals surface area contributed by atoms with E-state index in [1.807, 2.05) is 11.6 Å². The Morgan fingerprint density at radius 2 is 1.96 bits per heavy atom. The second kappa shape index (κ2) is 7.11. The van der Waals surface area contributed by atoms with Gasteiger partial charge in [0.15, 0.2) is 0 Å². The van der Waals surface area contributed by atoms with Crippen molar-refractivity contribution in [1.82, 2.24) is 25.0 Å². The molecule has 27 heavy (non-hydrogen) atoms. The van der Waals surface area contributed by atoms with Crippen molar-refractivity contribution in [1.29, 1.82) is 5.26 Å². The molecule has 4 rings (SSSR count). The van der Waals surface area contributed by atoms with E-state index in [2.05, 4.69) is 31.4 Å². The molecular weight excluding hydrogens is 345 g/mol. The molecule has 1 fully saturated rings. The van der Waals surface area contributed by atoms with E-state index in [1.165, 1.54) is 24.5 Å². The first-order valence-electron chi connectivity index (χ1n) is 8.77. The highest BCUT2D eigenvalue weighted by atomic mass is 19.1. The predicted molar refractivity (Wildman–Crippen MR) is 97.3 cm³/mol. The number of piperidine rings is 1. The first kappa shape index (κ1) is 17.1. The molecule has 0 bridgehead atoms. The second-order valence-electron chi connectivity index (χ2n) is 6.62. The predicted octanol–water partition coefficient (Wildman–Crippen LogP) is 2.67. The van der Waals surface area contributed by atoms with Crippen LogP contribution in [0, 0.1) is 17.1 Å². The van der Waals surface area contributed by atoms with Gasteiger partial charge in [-0.3, -0.25) is 0 Å². The van der Waals surface area contributed by atoms with E-state index in [9.17, 15) is 9.65 Å². The molecule has 2 aromatic heterocycles. The molecule has 1 aromatic carbocycles. The van der Waals surface area contributed by atoms with Crippen LogP contribution in [0.5, 0.6) is 0 Å². The Kier molecular flexibility index (Phi) is 4.50. The van der Waals surface area contributed by atoms with Crippen LogP contribution in [0.15, 0.2) is 36.9 Å². The molecule has 0 atom stereocenters. The van der Waals surface area contributed by atoms with Crippen LogP contribution >= 0.6 is 0 Å². The SMILES string of the molecule is Cn1cnnc1C1CCN(c2c(C#N)ccc(F)c2-c2ccnnc2)CC1. The number of rotatable bonds is 3. The molecule has 0 aliphatic carbocycles. The van der Waals surface area contributed by atoms with Crippen LogP contribution in [0.25, 0.3) is 11.1 Å². The van der Waals surface area contributed by atoms with E-state index in [4.69, 9.17) is 0 Å². The van der Waals surface area contributed by atoms with Crippen molar-refractivity contribution in [3.05, 3.63) is 54.1 Å². The summed E-state index contributed by atoms with van der Waals surface area (Å²) in [5.74, 6) is 0.902. The topological polar surface area (TPSA) is 83.5 Å². The Balaban J connectivity index is 1.69. The molecule has 0 radical (unpaired) electrons. The van der Waals surface area contributed by atoms with Gasteiger partial charge in [-0.25, -0.2) is 4.39 Å². The maximum Gasteiger partial charge on any atom is 0.135 e. The van der Waals surface area contributed by atoms with E-state index in [0.717, 1.165) is 18.7 Å². The zero-order chi connectivity index (χ0) is 18.8. The van der Waals surface area contributed by atoms with Crippen LogP contribution in [-0.4, -0.2) is 38.1 Å². The summed E-state index contributed by atoms with van der Waals surface area (Å²) >= 11 is 0. The van der Waals surface area contributed by atoms with Gasteiger partial charge in [0.1, 0.15) is 24.0 Å². The zero-order valence-corrected chi connectivity index (χ0v) is 14.9. The molecule has 0 amide bonds. The van der Waals surface area contributed by atoms with Crippen molar-refractivity contribution in [2.75, 3.05) is 18.0 Å². The Bertz CT molecular complexity index is 985. The minimum absolute atomic E-state index is 0.305. The highest BCUT2D eigenvalue weighted by molar-refractivity contribution is 5.83. The number of anilines is 1. The third-order valence-electron chi connectivity index (χ3n) is 5.04. The minimum atomic E-state index is -0.368. The molecule has 0 N–H and O–H groups in total. The lowest BCUT2D eigenvalue weighted by molar-refractivity contribution is 0.473. The summed E-state index contributed by atoms with van der Waals surface area (Å²) < 4.78 is 16.7. The summed E-state index contributed by atoms with van der Waals surface area (Å²) in [6, 6.07) is 6.79. The molecule has 0 unspecified atom stereocenters. The second-order valence-corrected chi connectivity index (χ2v) is 6.62. The summed E-state index contributed by atoms with van der Waals surface area (Å²) in [4.78, 5) is 2.09. The molecule has 0 saturated carbocycles. The van der Waals surface area contributed by atoms with Gasteiger partial charge in [0.25, 0.3) is 0 Å². The van der Waals surface area contributed by atoms with E-state index >= 15 is 0 Å². The average Bonchev–Trinajstić information content (AvgIpc) is 3.14. The maximum atomic E-state index is 14.8. The van der Waals surface area contributed by atoms with Crippen molar-refractivity contribution in [3.8, 4) is 17.2 Å². The molecule has 0 spiro atoms. The third-order valence-corrected chi connectivity index (χ3v) is 5.04. The maximum absolute atomic E-state index is 14.8. The Morgan fingerprint density at radius 1 is 1.15 bits per heavy atom. The normalized spacial score (nSPS) is 14.9. The van der Waals surface area contributed by atoms with Gasteiger partial charge in [-0.05, 0) is 31.0 Å². The van der Waals surface area contributed by atoms with Gasteiger partial charge in [-0.1, -0.05) is 0 Å². The van der Waals surface area contributed by atoms with Crippen molar-refractivity contribution in [2.45, 2.75) is 18.8 Å². The van der Waals surface area contributed by atoms with Crippen LogP contribution in [0.1, 0.15) is 30.1 Å². The smallest absolute Gasteiger partial charge is 0.135 e. The van der Waals surface area contributed by atoms with Gasteiger partial charge in [0.2, 0.25) is 0 Å². The summed E-state index contributed by atoms with van der Waals surface area (Å²) in [7, 11) is 1.94. The van der Waals surface area contributed by atoms with Gasteiger partial charge in [0.05, 0.1) is 23.6 Å². The van der Waals surface area contributed by atoms with Crippen LogP contribution < -0.4 is 4.90 Å². The molecule has 1 saturated heterocycles. The summed E-state index contributed by atoms with van der Waals surface area (Å²) in [6.07, 6.45) is 6.48. The van der Waals surface area contributed by atoms with Crippen LogP contribution in [0.3, 0.4) is 0 Å². The number of aromatic nitrogens is 5. The number of nitriles is 1. The standard InChI is InChI=1S/C19H18FN7/c1-26-12-24-25-19(26)13-5-8-27(9-6-13)18-14(10-21)2-3-16(20)17(18)15-4-7-22-23-11-15/h2-4,7,11-13H,5-6,8-9H2,1H3. The lowest BCUT2D eigenvalue weighted by atomic mass is 9.93. The lowest BCUT2D eigenvalue weighted by Gasteiger charge is -2.35. The van der Waals surface area contributed by atoms with Crippen molar-refractivity contribution in [2.24, 2.45) is 7.05 Å². The molecule has 3 aromatic rings. The molecule has 8 heteroatoms. The molecular formula is C19H18FN7. The fraction of sp³-hybridized carbons (Fsp3) is 0.316. The number of aryl methyl sites for hydroxylation is 1. The average molecular weight is 363 g/mol. The third kappa shape index (κ3) is 3.12. The van der Waals surface area contributed by atoms with Crippen molar-refractivity contribution in [3.63, 3.8) is 0 Å². The number of nitrogens with zero attached hydrogens (tertiary/aromatic N) is 7. The summed E-state index contributed by atoms with van der Waals surface area (Å²) in [6.45, 7) is 1.42.